The van der Waals surface area contributed by atoms with E-state index in [1.807, 2.05) is 55.5 Å². The number of amides is 1. The van der Waals surface area contributed by atoms with Gasteiger partial charge in [0.05, 0.1) is 17.1 Å². The summed E-state index contributed by atoms with van der Waals surface area (Å²) < 4.78 is 1.75. The van der Waals surface area contributed by atoms with Crippen LogP contribution in [0.5, 0.6) is 0 Å². The lowest BCUT2D eigenvalue weighted by Gasteiger charge is -2.00. The second kappa shape index (κ2) is 22.4. The standard InChI is InChI=1S/C8H13N3O.C4H8O.C4H10.2C2H6/c1-5-8(9-7(3)12)6(2)11(4)10-5;1-3-4(2)5;1-3-4-2;2*1-2/h1-4H3,(H,9,12);3H2,1-2H3;3-4H2,1-2H3;2*1-2H3. The molecule has 0 saturated heterocycles. The quantitative estimate of drug-likeness (QED) is 0.739. The van der Waals surface area contributed by atoms with Crippen molar-refractivity contribution in [1.82, 2.24) is 9.78 Å². The van der Waals surface area contributed by atoms with Crippen LogP contribution in [0.15, 0.2) is 0 Å². The first-order valence-corrected chi connectivity index (χ1v) is 9.48. The van der Waals surface area contributed by atoms with E-state index in [1.54, 1.807) is 11.6 Å². The van der Waals surface area contributed by atoms with E-state index in [0.29, 0.717) is 6.42 Å². The van der Waals surface area contributed by atoms with Crippen molar-refractivity contribution in [2.45, 2.75) is 95.4 Å². The molecule has 0 aliphatic heterocycles. The molecule has 0 spiro atoms. The molecule has 1 N–H and O–H groups in total. The van der Waals surface area contributed by atoms with Gasteiger partial charge in [0.25, 0.3) is 0 Å². The van der Waals surface area contributed by atoms with Crippen molar-refractivity contribution in [2.24, 2.45) is 7.05 Å². The predicted octanol–water partition coefficient (Wildman–Crippen LogP) is 5.84. The summed E-state index contributed by atoms with van der Waals surface area (Å²) in [5.41, 5.74) is 2.65. The molecule has 5 nitrogen and oxygen atoms in total. The van der Waals surface area contributed by atoms with Gasteiger partial charge in [-0.05, 0) is 20.8 Å². The zero-order chi connectivity index (χ0) is 21.0. The van der Waals surface area contributed by atoms with Crippen LogP contribution in [0, 0.1) is 13.8 Å². The fraction of sp³-hybridized carbons (Fsp3) is 0.750. The van der Waals surface area contributed by atoms with E-state index in [1.165, 1.54) is 19.8 Å². The van der Waals surface area contributed by atoms with E-state index in [2.05, 4.69) is 24.3 Å². The van der Waals surface area contributed by atoms with E-state index >= 15 is 0 Å². The van der Waals surface area contributed by atoms with Gasteiger partial charge in [-0.15, -0.1) is 0 Å². The van der Waals surface area contributed by atoms with E-state index in [-0.39, 0.29) is 11.7 Å². The fourth-order valence-electron chi connectivity index (χ4n) is 1.13. The Bertz CT molecular complexity index is 436. The molecule has 0 radical (unpaired) electrons. The lowest BCUT2D eigenvalue weighted by molar-refractivity contribution is -0.116. The second-order valence-electron chi connectivity index (χ2n) is 4.91. The first-order valence-electron chi connectivity index (χ1n) is 9.48. The molecule has 0 aliphatic carbocycles. The summed E-state index contributed by atoms with van der Waals surface area (Å²) in [6.45, 7) is 21.1. The van der Waals surface area contributed by atoms with Crippen LogP contribution in [0.3, 0.4) is 0 Å². The third-order valence-electron chi connectivity index (χ3n) is 2.81. The van der Waals surface area contributed by atoms with Gasteiger partial charge in [0.2, 0.25) is 5.91 Å². The molecule has 1 amide bonds. The van der Waals surface area contributed by atoms with Gasteiger partial charge in [-0.25, -0.2) is 0 Å². The first-order chi connectivity index (χ1) is 11.7. The second-order valence-corrected chi connectivity index (χ2v) is 4.91. The summed E-state index contributed by atoms with van der Waals surface area (Å²) in [5, 5.41) is 6.91. The number of nitrogens with zero attached hydrogens (tertiary/aromatic N) is 2. The number of aryl methyl sites for hydroxylation is 2. The zero-order valence-electron chi connectivity index (χ0n) is 18.8. The Labute approximate surface area is 156 Å². The van der Waals surface area contributed by atoms with Gasteiger partial charge in [0.1, 0.15) is 5.78 Å². The number of carbonyl (C=O) groups excluding carboxylic acids is 2. The molecule has 0 aliphatic rings. The maximum atomic E-state index is 10.8. The van der Waals surface area contributed by atoms with Crippen molar-refractivity contribution >= 4 is 17.4 Å². The van der Waals surface area contributed by atoms with Gasteiger partial charge in [0.15, 0.2) is 0 Å². The van der Waals surface area contributed by atoms with Crippen molar-refractivity contribution < 1.29 is 9.59 Å². The summed E-state index contributed by atoms with van der Waals surface area (Å²) in [5.74, 6) is 0.194. The molecule has 0 aromatic carbocycles. The van der Waals surface area contributed by atoms with Crippen LogP contribution in [0.1, 0.15) is 93.0 Å². The molecule has 0 fully saturated rings. The van der Waals surface area contributed by atoms with Crippen molar-refractivity contribution in [3.05, 3.63) is 11.4 Å². The minimum atomic E-state index is -0.0609. The first kappa shape index (κ1) is 31.2. The molecule has 1 aromatic heterocycles. The molecule has 0 bridgehead atoms. The van der Waals surface area contributed by atoms with E-state index in [9.17, 15) is 9.59 Å². The van der Waals surface area contributed by atoms with E-state index in [4.69, 9.17) is 0 Å². The Hall–Kier alpha value is -1.65. The molecule has 1 heterocycles. The van der Waals surface area contributed by atoms with Gasteiger partial charge in [-0.1, -0.05) is 61.3 Å². The topological polar surface area (TPSA) is 64.0 Å². The highest BCUT2D eigenvalue weighted by Crippen LogP contribution is 2.17. The Balaban J connectivity index is -0.000000142. The molecule has 0 atom stereocenters. The normalized spacial score (nSPS) is 8.00. The Morgan fingerprint density at radius 1 is 0.960 bits per heavy atom. The molecule has 1 rings (SSSR count). The van der Waals surface area contributed by atoms with Gasteiger partial charge < -0.3 is 10.1 Å². The monoisotopic (exact) mass is 357 g/mol. The average molecular weight is 358 g/mol. The van der Waals surface area contributed by atoms with Crippen molar-refractivity contribution in [3.8, 4) is 0 Å². The van der Waals surface area contributed by atoms with Gasteiger partial charge in [0, 0.05) is 20.4 Å². The highest BCUT2D eigenvalue weighted by Gasteiger charge is 2.09. The lowest BCUT2D eigenvalue weighted by Crippen LogP contribution is -2.07. The Morgan fingerprint density at radius 2 is 1.32 bits per heavy atom. The molecule has 25 heavy (non-hydrogen) atoms. The minimum Gasteiger partial charge on any atom is -0.323 e. The summed E-state index contributed by atoms with van der Waals surface area (Å²) in [7, 11) is 1.85. The number of carbonyl (C=O) groups is 2. The van der Waals surface area contributed by atoms with E-state index < -0.39 is 0 Å². The van der Waals surface area contributed by atoms with Crippen LogP contribution in [-0.2, 0) is 16.6 Å². The van der Waals surface area contributed by atoms with Crippen molar-refractivity contribution in [2.75, 3.05) is 5.32 Å². The average Bonchev–Trinajstić information content (AvgIpc) is 2.85. The zero-order valence-corrected chi connectivity index (χ0v) is 18.8. The number of anilines is 1. The predicted molar refractivity (Wildman–Crippen MR) is 111 cm³/mol. The molecular weight excluding hydrogens is 314 g/mol. The van der Waals surface area contributed by atoms with Gasteiger partial charge in [-0.3, -0.25) is 9.48 Å². The molecule has 150 valence electrons. The molecule has 1 aromatic rings. The number of nitrogens with one attached hydrogen (secondary N) is 1. The van der Waals surface area contributed by atoms with Gasteiger partial charge in [-0.2, -0.15) is 5.10 Å². The number of aromatic nitrogens is 2. The highest BCUT2D eigenvalue weighted by atomic mass is 16.1. The lowest BCUT2D eigenvalue weighted by atomic mass is 10.3. The SMILES string of the molecule is CC.CC.CC(=O)Nc1c(C)nn(C)c1C.CCC(C)=O.CCCC. The van der Waals surface area contributed by atoms with Gasteiger partial charge >= 0.3 is 0 Å². The Kier molecular flexibility index (Phi) is 27.8. The summed E-state index contributed by atoms with van der Waals surface area (Å²) in [6, 6.07) is 0. The summed E-state index contributed by atoms with van der Waals surface area (Å²) in [4.78, 5) is 20.6. The van der Waals surface area contributed by atoms with Crippen LogP contribution in [0.4, 0.5) is 5.69 Å². The summed E-state index contributed by atoms with van der Waals surface area (Å²) in [6.07, 6.45) is 3.31. The molecule has 5 heteroatoms. The van der Waals surface area contributed by atoms with Crippen LogP contribution in [0.2, 0.25) is 0 Å². The third kappa shape index (κ3) is 20.3. The fourth-order valence-corrected chi connectivity index (χ4v) is 1.13. The number of Topliss-reactive ketones (excluding diaryl/α,β-unsaturated/α-hetero) is 1. The maximum absolute atomic E-state index is 10.8. The number of ketones is 1. The third-order valence-corrected chi connectivity index (χ3v) is 2.81. The largest absolute Gasteiger partial charge is 0.323 e. The van der Waals surface area contributed by atoms with Crippen LogP contribution in [0.25, 0.3) is 0 Å². The highest BCUT2D eigenvalue weighted by molar-refractivity contribution is 5.89. The molecule has 0 saturated carbocycles. The van der Waals surface area contributed by atoms with Crippen LogP contribution >= 0.6 is 0 Å². The number of unbranched alkanes of at least 4 members (excludes halogenated alkanes) is 1. The molecule has 0 unspecified atom stereocenters. The van der Waals surface area contributed by atoms with Crippen molar-refractivity contribution in [1.29, 1.82) is 0 Å². The maximum Gasteiger partial charge on any atom is 0.221 e. The number of rotatable bonds is 3. The van der Waals surface area contributed by atoms with Crippen LogP contribution in [-0.4, -0.2) is 21.5 Å². The number of hydrogen-bond donors (Lipinski definition) is 1. The minimum absolute atomic E-state index is 0.0609. The van der Waals surface area contributed by atoms with Crippen molar-refractivity contribution in [3.63, 3.8) is 0 Å². The smallest absolute Gasteiger partial charge is 0.221 e. The summed E-state index contributed by atoms with van der Waals surface area (Å²) >= 11 is 0. The molecular formula is C20H43N3O2. The Morgan fingerprint density at radius 3 is 1.48 bits per heavy atom. The van der Waals surface area contributed by atoms with Crippen LogP contribution < -0.4 is 5.32 Å². The number of hydrogen-bond acceptors (Lipinski definition) is 3. The van der Waals surface area contributed by atoms with E-state index in [0.717, 1.165) is 17.1 Å².